The SMILES string of the molecule is CCNC(Cn1ccn(C2CC2)c1=O)C(C)(C)C. The van der Waals surface area contributed by atoms with Crippen LogP contribution in [0.3, 0.4) is 0 Å². The van der Waals surface area contributed by atoms with Crippen molar-refractivity contribution in [1.82, 2.24) is 14.5 Å². The van der Waals surface area contributed by atoms with Gasteiger partial charge in [0.25, 0.3) is 0 Å². The Labute approximate surface area is 109 Å². The van der Waals surface area contributed by atoms with Crippen LogP contribution in [-0.4, -0.2) is 21.7 Å². The van der Waals surface area contributed by atoms with Gasteiger partial charge in [0.05, 0.1) is 0 Å². The van der Waals surface area contributed by atoms with Gasteiger partial charge in [-0.1, -0.05) is 27.7 Å². The molecular weight excluding hydrogens is 226 g/mol. The van der Waals surface area contributed by atoms with E-state index in [-0.39, 0.29) is 11.1 Å². The summed E-state index contributed by atoms with van der Waals surface area (Å²) < 4.78 is 3.72. The monoisotopic (exact) mass is 251 g/mol. The first kappa shape index (κ1) is 13.4. The Balaban J connectivity index is 2.13. The molecule has 1 fully saturated rings. The summed E-state index contributed by atoms with van der Waals surface area (Å²) in [7, 11) is 0. The molecule has 1 aliphatic carbocycles. The molecule has 1 N–H and O–H groups in total. The molecule has 0 bridgehead atoms. The molecule has 1 aromatic heterocycles. The lowest BCUT2D eigenvalue weighted by atomic mass is 9.86. The number of imidazole rings is 1. The first-order valence-corrected chi connectivity index (χ1v) is 6.94. The van der Waals surface area contributed by atoms with E-state index in [0.29, 0.717) is 12.1 Å². The predicted molar refractivity (Wildman–Crippen MR) is 73.9 cm³/mol. The lowest BCUT2D eigenvalue weighted by molar-refractivity contribution is 0.243. The van der Waals surface area contributed by atoms with Gasteiger partial charge in [-0.25, -0.2) is 4.79 Å². The van der Waals surface area contributed by atoms with Crippen LogP contribution in [0.15, 0.2) is 17.2 Å². The van der Waals surface area contributed by atoms with Gasteiger partial charge in [-0.2, -0.15) is 0 Å². The molecule has 1 unspecified atom stereocenters. The highest BCUT2D eigenvalue weighted by Gasteiger charge is 2.28. The Bertz CT molecular complexity index is 448. The van der Waals surface area contributed by atoms with Crippen molar-refractivity contribution in [3.63, 3.8) is 0 Å². The van der Waals surface area contributed by atoms with E-state index >= 15 is 0 Å². The van der Waals surface area contributed by atoms with Crippen molar-refractivity contribution in [3.05, 3.63) is 22.9 Å². The van der Waals surface area contributed by atoms with Crippen LogP contribution in [0.5, 0.6) is 0 Å². The lowest BCUT2D eigenvalue weighted by Gasteiger charge is -2.31. The van der Waals surface area contributed by atoms with Gasteiger partial charge >= 0.3 is 5.69 Å². The summed E-state index contributed by atoms with van der Waals surface area (Å²) in [5.74, 6) is 0. The van der Waals surface area contributed by atoms with E-state index < -0.39 is 0 Å². The summed E-state index contributed by atoms with van der Waals surface area (Å²) in [5.41, 5.74) is 0.293. The quantitative estimate of drug-likeness (QED) is 0.869. The molecule has 1 atom stereocenters. The van der Waals surface area contributed by atoms with Crippen LogP contribution in [0.25, 0.3) is 0 Å². The van der Waals surface area contributed by atoms with E-state index in [4.69, 9.17) is 0 Å². The normalized spacial score (nSPS) is 18.0. The summed E-state index contributed by atoms with van der Waals surface area (Å²) in [5, 5.41) is 3.48. The van der Waals surface area contributed by atoms with Gasteiger partial charge < -0.3 is 5.32 Å². The van der Waals surface area contributed by atoms with Gasteiger partial charge in [-0.15, -0.1) is 0 Å². The van der Waals surface area contributed by atoms with E-state index in [1.54, 1.807) is 0 Å². The van der Waals surface area contributed by atoms with Crippen LogP contribution >= 0.6 is 0 Å². The molecular formula is C14H25N3O. The summed E-state index contributed by atoms with van der Waals surface area (Å²) in [6, 6.07) is 0.779. The van der Waals surface area contributed by atoms with E-state index in [1.807, 2.05) is 21.5 Å². The molecule has 4 nitrogen and oxygen atoms in total. The van der Waals surface area contributed by atoms with E-state index in [0.717, 1.165) is 25.9 Å². The van der Waals surface area contributed by atoms with Crippen molar-refractivity contribution >= 4 is 0 Å². The van der Waals surface area contributed by atoms with Crippen molar-refractivity contribution in [1.29, 1.82) is 0 Å². The van der Waals surface area contributed by atoms with Crippen molar-refractivity contribution in [2.24, 2.45) is 5.41 Å². The fourth-order valence-electron chi connectivity index (χ4n) is 2.29. The first-order chi connectivity index (χ1) is 8.43. The van der Waals surface area contributed by atoms with Crippen LogP contribution < -0.4 is 11.0 Å². The number of rotatable bonds is 5. The maximum absolute atomic E-state index is 12.2. The summed E-state index contributed by atoms with van der Waals surface area (Å²) in [6.45, 7) is 10.4. The molecule has 0 amide bonds. The van der Waals surface area contributed by atoms with Gasteiger partial charge in [0.2, 0.25) is 0 Å². The fourth-order valence-corrected chi connectivity index (χ4v) is 2.29. The van der Waals surface area contributed by atoms with Crippen molar-refractivity contribution < 1.29 is 0 Å². The molecule has 1 aromatic rings. The van der Waals surface area contributed by atoms with Crippen molar-refractivity contribution in [3.8, 4) is 0 Å². The van der Waals surface area contributed by atoms with Gasteiger partial charge in [-0.05, 0) is 24.8 Å². The van der Waals surface area contributed by atoms with E-state index in [1.165, 1.54) is 0 Å². The number of likely N-dealkylation sites (N-methyl/N-ethyl adjacent to an activating group) is 1. The molecule has 18 heavy (non-hydrogen) atoms. The Morgan fingerprint density at radius 3 is 2.56 bits per heavy atom. The van der Waals surface area contributed by atoms with Crippen LogP contribution in [0.2, 0.25) is 0 Å². The zero-order chi connectivity index (χ0) is 13.3. The van der Waals surface area contributed by atoms with Gasteiger partial charge in [-0.3, -0.25) is 9.13 Å². The molecule has 102 valence electrons. The number of aromatic nitrogens is 2. The standard InChI is InChI=1S/C14H25N3O/c1-5-15-12(14(2,3)4)10-16-8-9-17(13(16)18)11-6-7-11/h8-9,11-12,15H,5-7,10H2,1-4H3. The average molecular weight is 251 g/mol. The zero-order valence-electron chi connectivity index (χ0n) is 11.9. The Morgan fingerprint density at radius 2 is 2.06 bits per heavy atom. The minimum absolute atomic E-state index is 0.143. The minimum Gasteiger partial charge on any atom is -0.312 e. The molecule has 0 radical (unpaired) electrons. The molecule has 1 aliphatic rings. The predicted octanol–water partition coefficient (Wildman–Crippen LogP) is 2.01. The number of nitrogens with zero attached hydrogens (tertiary/aromatic N) is 2. The van der Waals surface area contributed by atoms with Crippen LogP contribution in [0, 0.1) is 5.41 Å². The summed E-state index contributed by atoms with van der Waals surface area (Å²) >= 11 is 0. The van der Waals surface area contributed by atoms with Gasteiger partial charge in [0, 0.05) is 31.0 Å². The fraction of sp³-hybridized carbons (Fsp3) is 0.786. The van der Waals surface area contributed by atoms with Crippen LogP contribution in [0.4, 0.5) is 0 Å². The Kier molecular flexibility index (Phi) is 3.66. The average Bonchev–Trinajstić information content (AvgIpc) is 3.04. The third-order valence-corrected chi connectivity index (χ3v) is 3.69. The molecule has 0 spiro atoms. The maximum Gasteiger partial charge on any atom is 0.328 e. The molecule has 1 saturated carbocycles. The topological polar surface area (TPSA) is 39.0 Å². The molecule has 2 rings (SSSR count). The number of hydrogen-bond donors (Lipinski definition) is 1. The molecule has 0 saturated heterocycles. The van der Waals surface area contributed by atoms with Crippen LogP contribution in [0.1, 0.15) is 46.6 Å². The largest absolute Gasteiger partial charge is 0.328 e. The number of nitrogens with one attached hydrogen (secondary N) is 1. The minimum atomic E-state index is 0.143. The second-order valence-electron chi connectivity index (χ2n) is 6.35. The summed E-state index contributed by atoms with van der Waals surface area (Å²) in [4.78, 5) is 12.2. The third-order valence-electron chi connectivity index (χ3n) is 3.69. The first-order valence-electron chi connectivity index (χ1n) is 6.94. The van der Waals surface area contributed by atoms with E-state index in [2.05, 4.69) is 33.0 Å². The van der Waals surface area contributed by atoms with Gasteiger partial charge in [0.15, 0.2) is 0 Å². The van der Waals surface area contributed by atoms with Gasteiger partial charge in [0.1, 0.15) is 0 Å². The Morgan fingerprint density at radius 1 is 1.39 bits per heavy atom. The smallest absolute Gasteiger partial charge is 0.312 e. The highest BCUT2D eigenvalue weighted by atomic mass is 16.1. The number of hydrogen-bond acceptors (Lipinski definition) is 2. The van der Waals surface area contributed by atoms with Crippen LogP contribution in [-0.2, 0) is 6.54 Å². The highest BCUT2D eigenvalue weighted by Crippen LogP contribution is 2.33. The molecule has 4 heteroatoms. The zero-order valence-corrected chi connectivity index (χ0v) is 11.9. The molecule has 0 aromatic carbocycles. The molecule has 1 heterocycles. The second kappa shape index (κ2) is 4.92. The summed E-state index contributed by atoms with van der Waals surface area (Å²) in [6.07, 6.45) is 6.17. The third kappa shape index (κ3) is 2.86. The van der Waals surface area contributed by atoms with Crippen molar-refractivity contribution in [2.75, 3.05) is 6.54 Å². The maximum atomic E-state index is 12.2. The molecule has 0 aliphatic heterocycles. The second-order valence-corrected chi connectivity index (χ2v) is 6.35. The van der Waals surface area contributed by atoms with E-state index in [9.17, 15) is 4.79 Å². The highest BCUT2D eigenvalue weighted by molar-refractivity contribution is 4.93. The van der Waals surface area contributed by atoms with Crippen molar-refractivity contribution in [2.45, 2.75) is 59.2 Å². The Hall–Kier alpha value is -1.03. The lowest BCUT2D eigenvalue weighted by Crippen LogP contribution is -2.45.